The number of fused-ring (bicyclic) bond motifs is 1. The maximum absolute atomic E-state index is 12.7. The summed E-state index contributed by atoms with van der Waals surface area (Å²) in [5.41, 5.74) is 2.68. The van der Waals surface area contributed by atoms with Gasteiger partial charge in [0.1, 0.15) is 5.75 Å². The molecular formula is C25H24N4O3S. The lowest BCUT2D eigenvalue weighted by Gasteiger charge is -2.31. The number of hydrogen-bond donors (Lipinski definition) is 1. The number of nitrogens with zero attached hydrogens (tertiary/aromatic N) is 3. The number of thiazole rings is 1. The molecule has 1 fully saturated rings. The van der Waals surface area contributed by atoms with Crippen molar-refractivity contribution in [3.8, 4) is 17.0 Å². The number of likely N-dealkylation sites (tertiary alicyclic amines) is 1. The molecule has 1 N–H and O–H groups in total. The zero-order valence-corrected chi connectivity index (χ0v) is 18.8. The number of para-hydroxylation sites is 1. The van der Waals surface area contributed by atoms with Crippen LogP contribution >= 0.6 is 11.3 Å². The molecule has 1 aliphatic rings. The summed E-state index contributed by atoms with van der Waals surface area (Å²) >= 11 is 1.60. The van der Waals surface area contributed by atoms with Gasteiger partial charge < -0.3 is 15.0 Å². The summed E-state index contributed by atoms with van der Waals surface area (Å²) in [5.74, 6) is 0.521. The van der Waals surface area contributed by atoms with Crippen molar-refractivity contribution in [1.29, 1.82) is 0 Å². The Labute approximate surface area is 195 Å². The Morgan fingerprint density at radius 1 is 1.06 bits per heavy atom. The Hall–Kier alpha value is -3.65. The van der Waals surface area contributed by atoms with Crippen molar-refractivity contribution >= 4 is 33.8 Å². The number of amides is 2. The van der Waals surface area contributed by atoms with Crippen LogP contribution in [-0.4, -0.2) is 45.8 Å². The van der Waals surface area contributed by atoms with Gasteiger partial charge in [-0.3, -0.25) is 14.0 Å². The van der Waals surface area contributed by atoms with Gasteiger partial charge in [-0.2, -0.15) is 0 Å². The van der Waals surface area contributed by atoms with E-state index in [1.54, 1.807) is 16.2 Å². The average molecular weight is 461 g/mol. The summed E-state index contributed by atoms with van der Waals surface area (Å²) in [4.78, 5) is 32.5. The van der Waals surface area contributed by atoms with Crippen LogP contribution in [-0.2, 0) is 9.59 Å². The van der Waals surface area contributed by atoms with E-state index in [9.17, 15) is 9.59 Å². The monoisotopic (exact) mass is 460 g/mol. The summed E-state index contributed by atoms with van der Waals surface area (Å²) in [5, 5.41) is 5.02. The van der Waals surface area contributed by atoms with Crippen molar-refractivity contribution in [3.05, 3.63) is 72.4 Å². The highest BCUT2D eigenvalue weighted by molar-refractivity contribution is 7.15. The van der Waals surface area contributed by atoms with Crippen LogP contribution in [0.25, 0.3) is 16.2 Å². The average Bonchev–Trinajstić information content (AvgIpc) is 3.46. The van der Waals surface area contributed by atoms with Crippen molar-refractivity contribution < 1.29 is 14.3 Å². The fraction of sp³-hybridized carbons (Fsp3) is 0.240. The first-order valence-electron chi connectivity index (χ1n) is 10.9. The molecule has 0 bridgehead atoms. The molecule has 0 aliphatic carbocycles. The molecule has 1 aliphatic heterocycles. The van der Waals surface area contributed by atoms with E-state index in [1.165, 1.54) is 0 Å². The molecular weight excluding hydrogens is 436 g/mol. The fourth-order valence-electron chi connectivity index (χ4n) is 3.98. The van der Waals surface area contributed by atoms with Gasteiger partial charge >= 0.3 is 0 Å². The Bertz CT molecular complexity index is 1210. The van der Waals surface area contributed by atoms with Crippen LogP contribution in [0.2, 0.25) is 0 Å². The normalized spacial score (nSPS) is 14.4. The van der Waals surface area contributed by atoms with Crippen molar-refractivity contribution in [1.82, 2.24) is 14.3 Å². The molecule has 0 spiro atoms. The minimum absolute atomic E-state index is 0.00195. The van der Waals surface area contributed by atoms with Gasteiger partial charge in [-0.25, -0.2) is 4.98 Å². The number of piperidine rings is 1. The zero-order chi connectivity index (χ0) is 22.6. The number of benzene rings is 2. The van der Waals surface area contributed by atoms with E-state index in [0.717, 1.165) is 21.9 Å². The van der Waals surface area contributed by atoms with Crippen LogP contribution in [0, 0.1) is 5.92 Å². The zero-order valence-electron chi connectivity index (χ0n) is 18.0. The number of anilines is 1. The van der Waals surface area contributed by atoms with Crippen LogP contribution in [0.1, 0.15) is 12.8 Å². The number of aromatic nitrogens is 2. The van der Waals surface area contributed by atoms with Gasteiger partial charge in [-0.1, -0.05) is 30.3 Å². The SMILES string of the molecule is O=C(Nc1ccc(-c2cn3ccsc3n2)cc1)C1CCN(C(=O)COc2ccccc2)CC1. The number of carbonyl (C=O) groups excluding carboxylic acids is 2. The van der Waals surface area contributed by atoms with E-state index >= 15 is 0 Å². The molecule has 0 radical (unpaired) electrons. The Morgan fingerprint density at radius 2 is 1.82 bits per heavy atom. The minimum atomic E-state index is -0.108. The standard InChI is InChI=1S/C25H24N4O3S/c30-23(17-32-21-4-2-1-3-5-21)28-12-10-19(11-13-28)24(31)26-20-8-6-18(7-9-20)22-16-29-14-15-33-25(29)27-22/h1-9,14-16,19H,10-13,17H2,(H,26,31). The van der Waals surface area contributed by atoms with E-state index in [1.807, 2.05) is 76.8 Å². The first-order valence-corrected chi connectivity index (χ1v) is 11.8. The molecule has 33 heavy (non-hydrogen) atoms. The number of carbonyl (C=O) groups is 2. The molecule has 0 unspecified atom stereocenters. The number of hydrogen-bond acceptors (Lipinski definition) is 5. The molecule has 3 heterocycles. The lowest BCUT2D eigenvalue weighted by Crippen LogP contribution is -2.43. The molecule has 0 saturated carbocycles. The second-order valence-electron chi connectivity index (χ2n) is 8.04. The van der Waals surface area contributed by atoms with Gasteiger partial charge in [0, 0.05) is 48.0 Å². The quantitative estimate of drug-likeness (QED) is 0.465. The lowest BCUT2D eigenvalue weighted by atomic mass is 9.95. The van der Waals surface area contributed by atoms with Gasteiger partial charge in [0.2, 0.25) is 5.91 Å². The van der Waals surface area contributed by atoms with Crippen LogP contribution in [0.15, 0.2) is 72.4 Å². The third-order valence-corrected chi connectivity index (χ3v) is 6.64. The number of ether oxygens (including phenoxy) is 1. The molecule has 1 saturated heterocycles. The minimum Gasteiger partial charge on any atom is -0.484 e. The first-order chi connectivity index (χ1) is 16.2. The van der Waals surface area contributed by atoms with Crippen molar-refractivity contribution in [2.75, 3.05) is 25.0 Å². The Morgan fingerprint density at radius 3 is 2.55 bits per heavy atom. The highest BCUT2D eigenvalue weighted by Crippen LogP contribution is 2.24. The summed E-state index contributed by atoms with van der Waals surface area (Å²) in [6.45, 7) is 1.14. The topological polar surface area (TPSA) is 75.9 Å². The predicted molar refractivity (Wildman–Crippen MR) is 128 cm³/mol. The first kappa shape index (κ1) is 21.2. The van der Waals surface area contributed by atoms with Gasteiger partial charge in [0.25, 0.3) is 5.91 Å². The van der Waals surface area contributed by atoms with Gasteiger partial charge in [-0.15, -0.1) is 11.3 Å². The molecule has 2 amide bonds. The Balaban J connectivity index is 1.10. The third-order valence-electron chi connectivity index (χ3n) is 5.87. The van der Waals surface area contributed by atoms with Gasteiger partial charge in [0.15, 0.2) is 11.6 Å². The van der Waals surface area contributed by atoms with Crippen LogP contribution in [0.5, 0.6) is 5.75 Å². The van der Waals surface area contributed by atoms with E-state index in [2.05, 4.69) is 10.3 Å². The second-order valence-corrected chi connectivity index (χ2v) is 8.92. The summed E-state index contributed by atoms with van der Waals surface area (Å²) in [6, 6.07) is 17.0. The van der Waals surface area contributed by atoms with Gasteiger partial charge in [0.05, 0.1) is 5.69 Å². The predicted octanol–water partition coefficient (Wildman–Crippen LogP) is 4.32. The largest absolute Gasteiger partial charge is 0.484 e. The molecule has 0 atom stereocenters. The van der Waals surface area contributed by atoms with Crippen molar-refractivity contribution in [2.45, 2.75) is 12.8 Å². The van der Waals surface area contributed by atoms with E-state index < -0.39 is 0 Å². The number of rotatable bonds is 6. The smallest absolute Gasteiger partial charge is 0.260 e. The Kier molecular flexibility index (Phi) is 6.08. The summed E-state index contributed by atoms with van der Waals surface area (Å²) in [7, 11) is 0. The van der Waals surface area contributed by atoms with E-state index in [-0.39, 0.29) is 24.3 Å². The van der Waals surface area contributed by atoms with E-state index in [0.29, 0.717) is 31.7 Å². The van der Waals surface area contributed by atoms with Crippen LogP contribution in [0.3, 0.4) is 0 Å². The van der Waals surface area contributed by atoms with Crippen molar-refractivity contribution in [3.63, 3.8) is 0 Å². The molecule has 2 aromatic heterocycles. The highest BCUT2D eigenvalue weighted by atomic mass is 32.1. The summed E-state index contributed by atoms with van der Waals surface area (Å²) < 4.78 is 7.55. The molecule has 7 nitrogen and oxygen atoms in total. The maximum Gasteiger partial charge on any atom is 0.260 e. The van der Waals surface area contributed by atoms with E-state index in [4.69, 9.17) is 4.74 Å². The number of nitrogens with one attached hydrogen (secondary N) is 1. The molecule has 8 heteroatoms. The fourth-order valence-corrected chi connectivity index (χ4v) is 4.68. The highest BCUT2D eigenvalue weighted by Gasteiger charge is 2.27. The second kappa shape index (κ2) is 9.46. The molecule has 5 rings (SSSR count). The summed E-state index contributed by atoms with van der Waals surface area (Å²) in [6.07, 6.45) is 5.28. The van der Waals surface area contributed by atoms with Crippen LogP contribution in [0.4, 0.5) is 5.69 Å². The number of imidazole rings is 1. The molecule has 2 aromatic carbocycles. The molecule has 4 aromatic rings. The van der Waals surface area contributed by atoms with Crippen molar-refractivity contribution in [2.24, 2.45) is 5.92 Å². The van der Waals surface area contributed by atoms with Gasteiger partial charge in [-0.05, 0) is 37.1 Å². The lowest BCUT2D eigenvalue weighted by molar-refractivity contribution is -0.136. The van der Waals surface area contributed by atoms with Crippen LogP contribution < -0.4 is 10.1 Å². The molecule has 168 valence electrons. The maximum atomic E-state index is 12.7. The third kappa shape index (κ3) is 4.90.